The molecule has 1 amide bonds. The highest BCUT2D eigenvalue weighted by Crippen LogP contribution is 2.20. The van der Waals surface area contributed by atoms with Gasteiger partial charge in [-0.05, 0) is 40.5 Å². The highest BCUT2D eigenvalue weighted by molar-refractivity contribution is 9.10. The Kier molecular flexibility index (Phi) is 4.49. The topological polar surface area (TPSA) is 29.1 Å². The third-order valence-corrected chi connectivity index (χ3v) is 2.39. The van der Waals surface area contributed by atoms with E-state index in [2.05, 4.69) is 27.8 Å². The van der Waals surface area contributed by atoms with Gasteiger partial charge in [0, 0.05) is 12.1 Å². The standard InChI is InChI=1S/C11H11BrFNO/c1-2-3-4-11(15)14-8-5-6-10(13)9(12)7-8/h2,5-7H,1,3-4H2,(H,14,15). The van der Waals surface area contributed by atoms with Crippen molar-refractivity contribution in [2.75, 3.05) is 5.32 Å². The first-order valence-corrected chi connectivity index (χ1v) is 5.28. The van der Waals surface area contributed by atoms with Crippen molar-refractivity contribution < 1.29 is 9.18 Å². The van der Waals surface area contributed by atoms with E-state index in [0.717, 1.165) is 0 Å². The normalized spacial score (nSPS) is 9.73. The van der Waals surface area contributed by atoms with Crippen LogP contribution in [0.15, 0.2) is 35.3 Å². The van der Waals surface area contributed by atoms with Crippen LogP contribution in [0.25, 0.3) is 0 Å². The van der Waals surface area contributed by atoms with Gasteiger partial charge >= 0.3 is 0 Å². The lowest BCUT2D eigenvalue weighted by atomic mass is 10.2. The van der Waals surface area contributed by atoms with Crippen molar-refractivity contribution in [3.8, 4) is 0 Å². The van der Waals surface area contributed by atoms with Crippen molar-refractivity contribution in [1.29, 1.82) is 0 Å². The van der Waals surface area contributed by atoms with Crippen molar-refractivity contribution in [2.24, 2.45) is 0 Å². The van der Waals surface area contributed by atoms with Crippen molar-refractivity contribution in [3.05, 3.63) is 41.1 Å². The summed E-state index contributed by atoms with van der Waals surface area (Å²) in [4.78, 5) is 11.3. The SMILES string of the molecule is C=CCCC(=O)Nc1ccc(F)c(Br)c1. The van der Waals surface area contributed by atoms with Gasteiger partial charge in [0.25, 0.3) is 0 Å². The first-order chi connectivity index (χ1) is 7.13. The van der Waals surface area contributed by atoms with Crippen LogP contribution in [0.1, 0.15) is 12.8 Å². The Hall–Kier alpha value is -1.16. The zero-order valence-corrected chi connectivity index (χ0v) is 9.68. The number of nitrogens with one attached hydrogen (secondary N) is 1. The molecular weight excluding hydrogens is 261 g/mol. The molecule has 0 atom stereocenters. The molecule has 1 aromatic rings. The second kappa shape index (κ2) is 5.66. The minimum absolute atomic E-state index is 0.103. The largest absolute Gasteiger partial charge is 0.326 e. The Morgan fingerprint density at radius 2 is 2.33 bits per heavy atom. The van der Waals surface area contributed by atoms with Gasteiger partial charge in [-0.1, -0.05) is 6.08 Å². The van der Waals surface area contributed by atoms with Crippen LogP contribution in [0.2, 0.25) is 0 Å². The van der Waals surface area contributed by atoms with E-state index < -0.39 is 0 Å². The van der Waals surface area contributed by atoms with E-state index in [1.165, 1.54) is 18.2 Å². The fraction of sp³-hybridized carbons (Fsp3) is 0.182. The Balaban J connectivity index is 2.60. The van der Waals surface area contributed by atoms with Crippen LogP contribution in [0, 0.1) is 5.82 Å². The van der Waals surface area contributed by atoms with E-state index in [1.54, 1.807) is 6.08 Å². The lowest BCUT2D eigenvalue weighted by Crippen LogP contribution is -2.10. The molecule has 80 valence electrons. The van der Waals surface area contributed by atoms with Gasteiger partial charge in [0.1, 0.15) is 5.82 Å². The molecule has 0 radical (unpaired) electrons. The maximum absolute atomic E-state index is 12.9. The van der Waals surface area contributed by atoms with E-state index in [1.807, 2.05) is 0 Å². The van der Waals surface area contributed by atoms with Crippen molar-refractivity contribution in [3.63, 3.8) is 0 Å². The molecule has 2 nitrogen and oxygen atoms in total. The first kappa shape index (κ1) is 11.9. The molecule has 0 fully saturated rings. The van der Waals surface area contributed by atoms with Crippen LogP contribution in [-0.4, -0.2) is 5.91 Å². The predicted octanol–water partition coefficient (Wildman–Crippen LogP) is 3.49. The van der Waals surface area contributed by atoms with E-state index in [9.17, 15) is 9.18 Å². The maximum Gasteiger partial charge on any atom is 0.224 e. The van der Waals surface area contributed by atoms with Crippen LogP contribution in [0.5, 0.6) is 0 Å². The van der Waals surface area contributed by atoms with Crippen molar-refractivity contribution in [2.45, 2.75) is 12.8 Å². The Labute approximate surface area is 96.3 Å². The van der Waals surface area contributed by atoms with E-state index in [-0.39, 0.29) is 11.7 Å². The molecule has 1 aromatic carbocycles. The Morgan fingerprint density at radius 3 is 2.93 bits per heavy atom. The number of amides is 1. The van der Waals surface area contributed by atoms with Crippen LogP contribution in [0.4, 0.5) is 10.1 Å². The Bertz CT molecular complexity index is 379. The zero-order chi connectivity index (χ0) is 11.3. The molecular formula is C11H11BrFNO. The van der Waals surface area contributed by atoms with Crippen LogP contribution >= 0.6 is 15.9 Å². The summed E-state index contributed by atoms with van der Waals surface area (Å²) >= 11 is 3.05. The smallest absolute Gasteiger partial charge is 0.224 e. The summed E-state index contributed by atoms with van der Waals surface area (Å²) in [6, 6.07) is 4.35. The minimum Gasteiger partial charge on any atom is -0.326 e. The minimum atomic E-state index is -0.348. The van der Waals surface area contributed by atoms with E-state index in [0.29, 0.717) is 23.0 Å². The van der Waals surface area contributed by atoms with Gasteiger partial charge < -0.3 is 5.32 Å². The second-order valence-corrected chi connectivity index (χ2v) is 3.86. The summed E-state index contributed by atoms with van der Waals surface area (Å²) in [5.41, 5.74) is 0.581. The Morgan fingerprint density at radius 1 is 1.60 bits per heavy atom. The molecule has 0 spiro atoms. The molecule has 0 saturated heterocycles. The maximum atomic E-state index is 12.9. The highest BCUT2D eigenvalue weighted by atomic mass is 79.9. The average Bonchev–Trinajstić information content (AvgIpc) is 2.20. The molecule has 1 rings (SSSR count). The summed E-state index contributed by atoms with van der Waals surface area (Å²) in [6.07, 6.45) is 2.70. The lowest BCUT2D eigenvalue weighted by Gasteiger charge is -2.04. The highest BCUT2D eigenvalue weighted by Gasteiger charge is 2.03. The van der Waals surface area contributed by atoms with Crippen molar-refractivity contribution >= 4 is 27.5 Å². The molecule has 0 heterocycles. The number of halogens is 2. The number of rotatable bonds is 4. The first-order valence-electron chi connectivity index (χ1n) is 4.49. The van der Waals surface area contributed by atoms with E-state index in [4.69, 9.17) is 0 Å². The number of hydrogen-bond donors (Lipinski definition) is 1. The molecule has 0 aliphatic carbocycles. The molecule has 4 heteroatoms. The summed E-state index contributed by atoms with van der Waals surface area (Å²) < 4.78 is 13.2. The summed E-state index contributed by atoms with van der Waals surface area (Å²) in [7, 11) is 0. The number of carbonyl (C=O) groups excluding carboxylic acids is 1. The molecule has 1 N–H and O–H groups in total. The second-order valence-electron chi connectivity index (χ2n) is 3.00. The average molecular weight is 272 g/mol. The molecule has 0 aliphatic rings. The molecule has 0 bridgehead atoms. The fourth-order valence-corrected chi connectivity index (χ4v) is 1.41. The summed E-state index contributed by atoms with van der Waals surface area (Å²) in [6.45, 7) is 3.53. The van der Waals surface area contributed by atoms with Gasteiger partial charge in [-0.25, -0.2) is 4.39 Å². The van der Waals surface area contributed by atoms with Gasteiger partial charge in [-0.2, -0.15) is 0 Å². The lowest BCUT2D eigenvalue weighted by molar-refractivity contribution is -0.116. The number of anilines is 1. The molecule has 0 aliphatic heterocycles. The number of allylic oxidation sites excluding steroid dienone is 1. The van der Waals surface area contributed by atoms with Gasteiger partial charge in [0.2, 0.25) is 5.91 Å². The molecule has 0 unspecified atom stereocenters. The van der Waals surface area contributed by atoms with Gasteiger partial charge in [-0.15, -0.1) is 6.58 Å². The number of hydrogen-bond acceptors (Lipinski definition) is 1. The summed E-state index contributed by atoms with van der Waals surface area (Å²) in [5.74, 6) is -0.451. The number of benzene rings is 1. The molecule has 0 aromatic heterocycles. The fourth-order valence-electron chi connectivity index (χ4n) is 1.03. The molecule has 0 saturated carbocycles. The van der Waals surface area contributed by atoms with Gasteiger partial charge in [0.15, 0.2) is 0 Å². The van der Waals surface area contributed by atoms with Gasteiger partial charge in [-0.3, -0.25) is 4.79 Å². The third-order valence-electron chi connectivity index (χ3n) is 1.78. The van der Waals surface area contributed by atoms with Crippen LogP contribution in [-0.2, 0) is 4.79 Å². The van der Waals surface area contributed by atoms with Crippen LogP contribution in [0.3, 0.4) is 0 Å². The number of carbonyl (C=O) groups is 1. The van der Waals surface area contributed by atoms with Crippen molar-refractivity contribution in [1.82, 2.24) is 0 Å². The van der Waals surface area contributed by atoms with E-state index >= 15 is 0 Å². The van der Waals surface area contributed by atoms with Crippen LogP contribution < -0.4 is 5.32 Å². The molecule has 15 heavy (non-hydrogen) atoms. The quantitative estimate of drug-likeness (QED) is 0.835. The summed E-state index contributed by atoms with van der Waals surface area (Å²) in [5, 5.41) is 2.66. The predicted molar refractivity (Wildman–Crippen MR) is 62.2 cm³/mol. The third kappa shape index (κ3) is 3.83. The van der Waals surface area contributed by atoms with Gasteiger partial charge in [0.05, 0.1) is 4.47 Å². The zero-order valence-electron chi connectivity index (χ0n) is 8.09. The monoisotopic (exact) mass is 271 g/mol.